The number of halogens is 4. The number of nitrogens with zero attached hydrogens (tertiary/aromatic N) is 2. The van der Waals surface area contributed by atoms with E-state index >= 15 is 0 Å². The second-order valence-corrected chi connectivity index (χ2v) is 9.62. The first-order valence-corrected chi connectivity index (χ1v) is 11.5. The number of hydrogen-bond acceptors (Lipinski definition) is 4. The van der Waals surface area contributed by atoms with E-state index in [4.69, 9.17) is 40.2 Å². The van der Waals surface area contributed by atoms with Gasteiger partial charge in [-0.25, -0.2) is 0 Å². The third-order valence-electron chi connectivity index (χ3n) is 4.34. The molecule has 0 aliphatic carbocycles. The Kier molecular flexibility index (Phi) is 7.44. The second kappa shape index (κ2) is 9.52. The first-order chi connectivity index (χ1) is 14.1. The summed E-state index contributed by atoms with van der Waals surface area (Å²) in [5, 5.41) is 1.12. The molecule has 3 rings (SSSR count). The van der Waals surface area contributed by atoms with E-state index in [1.165, 1.54) is 9.80 Å². The molecule has 0 bridgehead atoms. The highest BCUT2D eigenvalue weighted by molar-refractivity contribution is 14.1. The summed E-state index contributed by atoms with van der Waals surface area (Å²) in [4.78, 5) is 27.6. The number of likely N-dealkylation sites (N-methyl/N-ethyl adjacent to an activating group) is 2. The van der Waals surface area contributed by atoms with Gasteiger partial charge in [-0.1, -0.05) is 29.3 Å². The molecule has 0 radical (unpaired) electrons. The summed E-state index contributed by atoms with van der Waals surface area (Å²) < 4.78 is 7.44. The maximum atomic E-state index is 12.5. The molecule has 0 atom stereocenters. The number of amides is 2. The number of carbonyl (C=O) groups excluding carboxylic acids is 2. The fourth-order valence-corrected chi connectivity index (χ4v) is 4.98. The molecule has 2 aromatic rings. The molecular formula is C20H14BrCl2IN2O3S. The first-order valence-electron chi connectivity index (χ1n) is 8.47. The number of rotatable bonds is 4. The molecule has 0 aromatic heterocycles. The molecular weight excluding hydrogens is 626 g/mol. The highest BCUT2D eigenvalue weighted by Crippen LogP contribution is 2.34. The first kappa shape index (κ1) is 23.5. The number of ether oxygens (including phenoxy) is 1. The summed E-state index contributed by atoms with van der Waals surface area (Å²) in [7, 11) is 3.09. The van der Waals surface area contributed by atoms with Gasteiger partial charge in [0.2, 0.25) is 0 Å². The van der Waals surface area contributed by atoms with Gasteiger partial charge >= 0.3 is 0 Å². The van der Waals surface area contributed by atoms with Crippen LogP contribution < -0.4 is 4.74 Å². The average molecular weight is 640 g/mol. The molecule has 2 amide bonds. The van der Waals surface area contributed by atoms with E-state index < -0.39 is 11.8 Å². The lowest BCUT2D eigenvalue weighted by Gasteiger charge is -2.31. The van der Waals surface area contributed by atoms with Crippen LogP contribution in [-0.4, -0.2) is 40.8 Å². The predicted octanol–water partition coefficient (Wildman–Crippen LogP) is 5.54. The van der Waals surface area contributed by atoms with Gasteiger partial charge in [0.1, 0.15) is 17.9 Å². The van der Waals surface area contributed by atoms with Crippen molar-refractivity contribution in [3.63, 3.8) is 0 Å². The number of thiocarbonyl (C=S) groups is 1. The summed E-state index contributed by atoms with van der Waals surface area (Å²) in [5.74, 6) is -0.233. The number of carbonyl (C=O) groups is 2. The zero-order chi connectivity index (χ0) is 22.2. The highest BCUT2D eigenvalue weighted by Gasteiger charge is 2.35. The third-order valence-corrected chi connectivity index (χ3v) is 7.02. The Morgan fingerprint density at radius 3 is 2.30 bits per heavy atom. The van der Waals surface area contributed by atoms with Crippen molar-refractivity contribution in [2.75, 3.05) is 14.1 Å². The smallest absolute Gasteiger partial charge is 0.265 e. The molecule has 0 saturated carbocycles. The fourth-order valence-electron chi connectivity index (χ4n) is 2.73. The van der Waals surface area contributed by atoms with Crippen LogP contribution in [0.25, 0.3) is 6.08 Å². The molecule has 0 spiro atoms. The predicted molar refractivity (Wildman–Crippen MR) is 134 cm³/mol. The Morgan fingerprint density at radius 1 is 1.10 bits per heavy atom. The lowest BCUT2D eigenvalue weighted by molar-refractivity contribution is -0.132. The maximum absolute atomic E-state index is 12.5. The molecule has 1 heterocycles. The fraction of sp³-hybridized carbons (Fsp3) is 0.150. The van der Waals surface area contributed by atoms with E-state index in [1.807, 2.05) is 12.1 Å². The summed E-state index contributed by atoms with van der Waals surface area (Å²) in [6, 6.07) is 8.92. The molecule has 0 N–H and O–H groups in total. The lowest BCUT2D eigenvalue weighted by Crippen LogP contribution is -2.52. The molecule has 1 fully saturated rings. The summed E-state index contributed by atoms with van der Waals surface area (Å²) in [6.45, 7) is 0.302. The van der Waals surface area contributed by atoms with Crippen LogP contribution in [0.1, 0.15) is 11.1 Å². The van der Waals surface area contributed by atoms with Crippen LogP contribution in [-0.2, 0) is 16.2 Å². The minimum Gasteiger partial charge on any atom is -0.487 e. The van der Waals surface area contributed by atoms with Crippen molar-refractivity contribution in [2.24, 2.45) is 0 Å². The SMILES string of the molecule is CN1C(=O)C(=Cc2cc(Br)c(OCc3ccc(Cl)c(Cl)c3)c(I)c2)C(=O)N(C)C1=S. The van der Waals surface area contributed by atoms with Crippen molar-refractivity contribution in [2.45, 2.75) is 6.61 Å². The average Bonchev–Trinajstić information content (AvgIpc) is 2.70. The van der Waals surface area contributed by atoms with Crippen LogP contribution in [0.4, 0.5) is 0 Å². The van der Waals surface area contributed by atoms with Gasteiger partial charge in [0.05, 0.1) is 18.1 Å². The number of hydrogen-bond donors (Lipinski definition) is 0. The second-order valence-electron chi connectivity index (χ2n) is 6.42. The monoisotopic (exact) mass is 638 g/mol. The molecule has 10 heteroatoms. The van der Waals surface area contributed by atoms with Crippen LogP contribution >= 0.6 is 73.9 Å². The van der Waals surface area contributed by atoms with E-state index in [9.17, 15) is 9.59 Å². The summed E-state index contributed by atoms with van der Waals surface area (Å²) >= 11 is 22.8. The van der Waals surface area contributed by atoms with Crippen LogP contribution in [0, 0.1) is 3.57 Å². The quantitative estimate of drug-likeness (QED) is 0.191. The molecule has 156 valence electrons. The van der Waals surface area contributed by atoms with E-state index in [1.54, 1.807) is 38.4 Å². The van der Waals surface area contributed by atoms with Gasteiger partial charge in [0.25, 0.3) is 11.8 Å². The topological polar surface area (TPSA) is 49.9 Å². The minimum absolute atomic E-state index is 0.0424. The molecule has 1 saturated heterocycles. The summed E-state index contributed by atoms with van der Waals surface area (Å²) in [5.41, 5.74) is 1.60. The van der Waals surface area contributed by atoms with Gasteiger partial charge in [-0.2, -0.15) is 0 Å². The molecule has 1 aliphatic rings. The largest absolute Gasteiger partial charge is 0.487 e. The van der Waals surface area contributed by atoms with E-state index in [2.05, 4.69) is 38.5 Å². The van der Waals surface area contributed by atoms with Crippen molar-refractivity contribution in [3.8, 4) is 5.75 Å². The van der Waals surface area contributed by atoms with Crippen LogP contribution in [0.2, 0.25) is 10.0 Å². The Bertz CT molecular complexity index is 1060. The minimum atomic E-state index is -0.436. The Labute approximate surface area is 211 Å². The Hall–Kier alpha value is -1.20. The van der Waals surface area contributed by atoms with E-state index in [0.29, 0.717) is 32.4 Å². The van der Waals surface area contributed by atoms with E-state index in [0.717, 1.165) is 9.13 Å². The van der Waals surface area contributed by atoms with E-state index in [-0.39, 0.29) is 10.7 Å². The summed E-state index contributed by atoms with van der Waals surface area (Å²) in [6.07, 6.45) is 1.55. The Morgan fingerprint density at radius 2 is 1.73 bits per heavy atom. The van der Waals surface area contributed by atoms with Gasteiger partial charge in [-0.3, -0.25) is 19.4 Å². The third kappa shape index (κ3) is 4.83. The number of benzene rings is 2. The van der Waals surface area contributed by atoms with Crippen molar-refractivity contribution >= 4 is 96.9 Å². The molecule has 5 nitrogen and oxygen atoms in total. The molecule has 0 unspecified atom stereocenters. The molecule has 30 heavy (non-hydrogen) atoms. The molecule has 1 aliphatic heterocycles. The van der Waals surface area contributed by atoms with Crippen LogP contribution in [0.5, 0.6) is 5.75 Å². The van der Waals surface area contributed by atoms with Crippen LogP contribution in [0.15, 0.2) is 40.4 Å². The van der Waals surface area contributed by atoms with Crippen molar-refractivity contribution in [1.82, 2.24) is 9.80 Å². The zero-order valence-electron chi connectivity index (χ0n) is 15.7. The van der Waals surface area contributed by atoms with Gasteiger partial charge in [0, 0.05) is 14.1 Å². The van der Waals surface area contributed by atoms with Gasteiger partial charge in [0.15, 0.2) is 5.11 Å². The van der Waals surface area contributed by atoms with Crippen molar-refractivity contribution in [1.29, 1.82) is 0 Å². The van der Waals surface area contributed by atoms with Gasteiger partial charge in [-0.05, 0) is 92.2 Å². The zero-order valence-corrected chi connectivity index (χ0v) is 21.8. The lowest BCUT2D eigenvalue weighted by atomic mass is 10.1. The molecule has 2 aromatic carbocycles. The van der Waals surface area contributed by atoms with Crippen LogP contribution in [0.3, 0.4) is 0 Å². The highest BCUT2D eigenvalue weighted by atomic mass is 127. The maximum Gasteiger partial charge on any atom is 0.265 e. The standard InChI is InChI=1S/C20H14BrCl2IN2O3S/c1-25-18(27)12(19(28)26(2)20(25)30)5-11-6-13(21)17(16(24)8-11)29-9-10-3-4-14(22)15(23)7-10/h3-8H,9H2,1-2H3. The van der Waals surface area contributed by atoms with Gasteiger partial charge < -0.3 is 4.74 Å². The normalized spacial score (nSPS) is 14.5. The Balaban J connectivity index is 1.86. The van der Waals surface area contributed by atoms with Crippen molar-refractivity contribution in [3.05, 3.63) is 65.1 Å². The van der Waals surface area contributed by atoms with Gasteiger partial charge in [-0.15, -0.1) is 0 Å². The van der Waals surface area contributed by atoms with Crippen molar-refractivity contribution < 1.29 is 14.3 Å².